The zero-order chi connectivity index (χ0) is 18.3. The van der Waals surface area contributed by atoms with Crippen LogP contribution in [0.15, 0.2) is 63.8 Å². The van der Waals surface area contributed by atoms with E-state index in [2.05, 4.69) is 32.9 Å². The predicted octanol–water partition coefficient (Wildman–Crippen LogP) is 4.51. The number of pyridine rings is 1. The number of carbonyl (C=O) groups excluding carboxylic acids is 1. The minimum absolute atomic E-state index is 0.242. The van der Waals surface area contributed by atoms with Gasteiger partial charge in [0.1, 0.15) is 11.4 Å². The molecular formula is C20H13IN2O3. The fourth-order valence-electron chi connectivity index (χ4n) is 2.92. The lowest BCUT2D eigenvalue weighted by atomic mass is 10.1. The molecule has 2 aromatic heterocycles. The maximum absolute atomic E-state index is 12.6. The van der Waals surface area contributed by atoms with Crippen LogP contribution in [-0.2, 0) is 0 Å². The summed E-state index contributed by atoms with van der Waals surface area (Å²) in [7, 11) is 0. The van der Waals surface area contributed by atoms with Crippen LogP contribution in [0.1, 0.15) is 15.9 Å². The summed E-state index contributed by atoms with van der Waals surface area (Å²) in [5.74, 6) is 0.156. The Kier molecular flexibility index (Phi) is 4.20. The standard InChI is InChI=1S/C20H13IN2O3/c1-11-10-16(23-19(24)12-6-2-4-8-14(12)21)22-18-13-7-3-5-9-15(13)26-20(25)17(11)18/h2-10H,1H3,(H,22,23,24). The molecule has 0 unspecified atom stereocenters. The van der Waals surface area contributed by atoms with Gasteiger partial charge in [0, 0.05) is 8.96 Å². The fourth-order valence-corrected chi connectivity index (χ4v) is 3.55. The van der Waals surface area contributed by atoms with E-state index in [0.29, 0.717) is 33.4 Å². The number of para-hydroxylation sites is 1. The predicted molar refractivity (Wildman–Crippen MR) is 110 cm³/mol. The molecule has 0 saturated carbocycles. The van der Waals surface area contributed by atoms with E-state index in [9.17, 15) is 9.59 Å². The largest absolute Gasteiger partial charge is 0.422 e. The molecule has 0 saturated heterocycles. The van der Waals surface area contributed by atoms with E-state index in [1.54, 1.807) is 31.2 Å². The summed E-state index contributed by atoms with van der Waals surface area (Å²) in [5, 5.41) is 3.99. The Labute approximate surface area is 162 Å². The molecule has 0 atom stereocenters. The molecule has 128 valence electrons. The molecule has 26 heavy (non-hydrogen) atoms. The Balaban J connectivity index is 1.87. The van der Waals surface area contributed by atoms with Gasteiger partial charge in [0.2, 0.25) is 0 Å². The van der Waals surface area contributed by atoms with E-state index in [1.807, 2.05) is 30.3 Å². The molecule has 0 spiro atoms. The highest BCUT2D eigenvalue weighted by Crippen LogP contribution is 2.25. The van der Waals surface area contributed by atoms with Gasteiger partial charge in [-0.05, 0) is 65.4 Å². The first kappa shape index (κ1) is 16.7. The third-order valence-electron chi connectivity index (χ3n) is 4.13. The van der Waals surface area contributed by atoms with Gasteiger partial charge in [-0.3, -0.25) is 4.79 Å². The highest BCUT2D eigenvalue weighted by Gasteiger charge is 2.15. The third kappa shape index (κ3) is 2.86. The molecule has 4 rings (SSSR count). The average Bonchev–Trinajstić information content (AvgIpc) is 2.61. The normalized spacial score (nSPS) is 11.0. The number of nitrogens with zero attached hydrogens (tertiary/aromatic N) is 1. The maximum Gasteiger partial charge on any atom is 0.346 e. The van der Waals surface area contributed by atoms with Gasteiger partial charge in [-0.15, -0.1) is 0 Å². The summed E-state index contributed by atoms with van der Waals surface area (Å²) in [6, 6.07) is 16.2. The van der Waals surface area contributed by atoms with Crippen molar-refractivity contribution in [3.63, 3.8) is 0 Å². The Hall–Kier alpha value is -2.74. The first-order valence-corrected chi connectivity index (χ1v) is 9.01. The van der Waals surface area contributed by atoms with E-state index in [-0.39, 0.29) is 5.91 Å². The Morgan fingerprint density at radius 1 is 1.12 bits per heavy atom. The molecule has 1 N–H and O–H groups in total. The van der Waals surface area contributed by atoms with Crippen molar-refractivity contribution in [2.75, 3.05) is 5.32 Å². The summed E-state index contributed by atoms with van der Waals surface area (Å²) in [4.78, 5) is 29.4. The number of amides is 1. The van der Waals surface area contributed by atoms with E-state index in [4.69, 9.17) is 4.42 Å². The van der Waals surface area contributed by atoms with Gasteiger partial charge in [-0.25, -0.2) is 9.78 Å². The number of carbonyl (C=O) groups is 1. The second-order valence-corrected chi connectivity index (χ2v) is 7.03. The van der Waals surface area contributed by atoms with Gasteiger partial charge in [0.15, 0.2) is 0 Å². The molecule has 2 aromatic carbocycles. The lowest BCUT2D eigenvalue weighted by molar-refractivity contribution is 0.102. The Bertz CT molecular complexity index is 1230. The van der Waals surface area contributed by atoms with Crippen molar-refractivity contribution in [1.82, 2.24) is 4.98 Å². The molecule has 0 aliphatic rings. The maximum atomic E-state index is 12.6. The van der Waals surface area contributed by atoms with Crippen LogP contribution in [-0.4, -0.2) is 10.9 Å². The molecular weight excluding hydrogens is 443 g/mol. The molecule has 0 bridgehead atoms. The van der Waals surface area contributed by atoms with E-state index in [0.717, 1.165) is 8.96 Å². The summed E-state index contributed by atoms with van der Waals surface area (Å²) >= 11 is 2.12. The molecule has 0 aliphatic heterocycles. The smallest absolute Gasteiger partial charge is 0.346 e. The molecule has 0 fully saturated rings. The van der Waals surface area contributed by atoms with Gasteiger partial charge < -0.3 is 9.73 Å². The monoisotopic (exact) mass is 456 g/mol. The van der Waals surface area contributed by atoms with E-state index < -0.39 is 5.63 Å². The number of hydrogen-bond donors (Lipinski definition) is 1. The topological polar surface area (TPSA) is 72.2 Å². The zero-order valence-electron chi connectivity index (χ0n) is 13.7. The zero-order valence-corrected chi connectivity index (χ0v) is 15.9. The second kappa shape index (κ2) is 6.53. The van der Waals surface area contributed by atoms with Crippen LogP contribution in [0.3, 0.4) is 0 Å². The number of hydrogen-bond acceptors (Lipinski definition) is 4. The first-order chi connectivity index (χ1) is 12.5. The number of anilines is 1. The van der Waals surface area contributed by atoms with Crippen LogP contribution in [0.25, 0.3) is 21.9 Å². The van der Waals surface area contributed by atoms with Gasteiger partial charge in [-0.2, -0.15) is 0 Å². The lowest BCUT2D eigenvalue weighted by Gasteiger charge is -2.10. The van der Waals surface area contributed by atoms with Gasteiger partial charge in [0.25, 0.3) is 5.91 Å². The third-order valence-corrected chi connectivity index (χ3v) is 5.07. The SMILES string of the molecule is Cc1cc(NC(=O)c2ccccc2I)nc2c1c(=O)oc1ccccc12. The summed E-state index contributed by atoms with van der Waals surface area (Å²) in [6.45, 7) is 1.80. The van der Waals surface area contributed by atoms with Crippen LogP contribution >= 0.6 is 22.6 Å². The number of aryl methyl sites for hydroxylation is 1. The summed E-state index contributed by atoms with van der Waals surface area (Å²) in [6.07, 6.45) is 0. The van der Waals surface area contributed by atoms with Gasteiger partial charge in [-0.1, -0.05) is 24.3 Å². The van der Waals surface area contributed by atoms with Crippen molar-refractivity contribution in [1.29, 1.82) is 0 Å². The van der Waals surface area contributed by atoms with Crippen molar-refractivity contribution in [2.45, 2.75) is 6.92 Å². The number of aromatic nitrogens is 1. The first-order valence-electron chi connectivity index (χ1n) is 7.93. The summed E-state index contributed by atoms with van der Waals surface area (Å²) in [5.41, 5.74) is 1.84. The summed E-state index contributed by atoms with van der Waals surface area (Å²) < 4.78 is 6.23. The molecule has 0 aliphatic carbocycles. The van der Waals surface area contributed by atoms with Crippen molar-refractivity contribution >= 4 is 56.2 Å². The molecule has 1 amide bonds. The molecule has 4 aromatic rings. The average molecular weight is 456 g/mol. The number of benzene rings is 2. The van der Waals surface area contributed by atoms with Gasteiger partial charge >= 0.3 is 5.63 Å². The van der Waals surface area contributed by atoms with Gasteiger partial charge in [0.05, 0.1) is 16.5 Å². The fraction of sp³-hybridized carbons (Fsp3) is 0.0500. The number of nitrogens with one attached hydrogen (secondary N) is 1. The van der Waals surface area contributed by atoms with Crippen LogP contribution in [0.5, 0.6) is 0 Å². The van der Waals surface area contributed by atoms with Crippen LogP contribution < -0.4 is 10.9 Å². The van der Waals surface area contributed by atoms with E-state index >= 15 is 0 Å². The van der Waals surface area contributed by atoms with Crippen molar-refractivity contribution in [3.8, 4) is 0 Å². The second-order valence-electron chi connectivity index (χ2n) is 5.87. The van der Waals surface area contributed by atoms with Crippen molar-refractivity contribution < 1.29 is 9.21 Å². The molecule has 2 heterocycles. The number of fused-ring (bicyclic) bond motifs is 3. The Morgan fingerprint density at radius 3 is 2.65 bits per heavy atom. The molecule has 0 radical (unpaired) electrons. The molecule has 5 nitrogen and oxygen atoms in total. The lowest BCUT2D eigenvalue weighted by Crippen LogP contribution is -2.15. The highest BCUT2D eigenvalue weighted by molar-refractivity contribution is 14.1. The van der Waals surface area contributed by atoms with Crippen molar-refractivity contribution in [3.05, 3.63) is 79.7 Å². The minimum Gasteiger partial charge on any atom is -0.422 e. The van der Waals surface area contributed by atoms with Crippen LogP contribution in [0.2, 0.25) is 0 Å². The minimum atomic E-state index is -0.431. The molecule has 6 heteroatoms. The van der Waals surface area contributed by atoms with Crippen LogP contribution in [0, 0.1) is 10.5 Å². The van der Waals surface area contributed by atoms with Crippen LogP contribution in [0.4, 0.5) is 5.82 Å². The Morgan fingerprint density at radius 2 is 1.85 bits per heavy atom. The number of rotatable bonds is 2. The highest BCUT2D eigenvalue weighted by atomic mass is 127. The van der Waals surface area contributed by atoms with Crippen molar-refractivity contribution in [2.24, 2.45) is 0 Å². The number of halogens is 1. The van der Waals surface area contributed by atoms with E-state index in [1.165, 1.54) is 0 Å². The quantitative estimate of drug-likeness (QED) is 0.274.